The Morgan fingerprint density at radius 3 is 2.47 bits per heavy atom. The third-order valence-corrected chi connectivity index (χ3v) is 7.69. The topological polar surface area (TPSA) is 111 Å². The van der Waals surface area contributed by atoms with Crippen LogP contribution < -0.4 is 5.32 Å². The van der Waals surface area contributed by atoms with Gasteiger partial charge in [-0.3, -0.25) is 4.79 Å². The van der Waals surface area contributed by atoms with Crippen molar-refractivity contribution in [2.45, 2.75) is 30.1 Å². The number of ether oxygens (including phenoxy) is 1. The number of nitrogens with zero attached hydrogens (tertiary/aromatic N) is 2. The second kappa shape index (κ2) is 10.2. The zero-order valence-corrected chi connectivity index (χ0v) is 20.7. The average molecular weight is 506 g/mol. The Morgan fingerprint density at radius 2 is 1.78 bits per heavy atom. The molecule has 1 aliphatic rings. The first-order valence-corrected chi connectivity index (χ1v) is 13.8. The molecule has 2 aromatic carbocycles. The number of sulfone groups is 1. The predicted molar refractivity (Wildman–Crippen MR) is 136 cm³/mol. The molecular weight excluding hydrogens is 478 g/mol. The van der Waals surface area contributed by atoms with E-state index in [0.29, 0.717) is 48.2 Å². The van der Waals surface area contributed by atoms with Crippen molar-refractivity contribution >= 4 is 32.7 Å². The van der Waals surface area contributed by atoms with E-state index in [4.69, 9.17) is 9.15 Å². The summed E-state index contributed by atoms with van der Waals surface area (Å²) in [6.07, 6.45) is 4.92. The van der Waals surface area contributed by atoms with Crippen LogP contribution in [-0.2, 0) is 19.4 Å². The smallest absolute Gasteiger partial charge is 0.233 e. The maximum Gasteiger partial charge on any atom is 0.233 e. The van der Waals surface area contributed by atoms with Crippen LogP contribution in [0.3, 0.4) is 0 Å². The highest BCUT2D eigenvalue weighted by atomic mass is 32.2. The monoisotopic (exact) mass is 505 g/mol. The van der Waals surface area contributed by atoms with Crippen molar-refractivity contribution in [3.05, 3.63) is 72.6 Å². The Balaban J connectivity index is 1.45. The van der Waals surface area contributed by atoms with Crippen molar-refractivity contribution < 1.29 is 22.4 Å². The Hall–Kier alpha value is -3.56. The number of nitrogens with one attached hydrogen (secondary N) is 1. The molecule has 1 N–H and O–H groups in total. The van der Waals surface area contributed by atoms with Gasteiger partial charge in [-0.2, -0.15) is 0 Å². The summed E-state index contributed by atoms with van der Waals surface area (Å²) in [5, 5.41) is 3.60. The van der Waals surface area contributed by atoms with E-state index in [1.165, 1.54) is 12.6 Å². The molecular formula is C27H27N3O5S. The van der Waals surface area contributed by atoms with Crippen LogP contribution in [0.15, 0.2) is 76.3 Å². The van der Waals surface area contributed by atoms with Gasteiger partial charge >= 0.3 is 0 Å². The second-order valence-corrected chi connectivity index (χ2v) is 11.1. The lowest BCUT2D eigenvalue weighted by Gasteiger charge is -2.26. The molecule has 0 radical (unpaired) electrons. The van der Waals surface area contributed by atoms with Gasteiger partial charge in [-0.05, 0) is 48.9 Å². The average Bonchev–Trinajstić information content (AvgIpc) is 3.34. The fourth-order valence-electron chi connectivity index (χ4n) is 4.56. The standard InChI is InChI=1S/C27H27N3O5S/c1-36(32,33)21-9-7-19(8-10-21)22(15-18-11-13-34-14-12-18)26(31)30-25-23-16-24(20-5-3-2-4-6-20)35-27(23)29-17-28-25/h2-10,16-18,22H,11-15H2,1H3,(H,28,29,30,31). The number of aromatic nitrogens is 2. The molecule has 186 valence electrons. The van der Waals surface area contributed by atoms with Crippen molar-refractivity contribution in [1.82, 2.24) is 9.97 Å². The SMILES string of the molecule is CS(=O)(=O)c1ccc(C(CC2CCOCC2)C(=O)Nc2ncnc3oc(-c4ccccc4)cc23)cc1. The molecule has 1 atom stereocenters. The molecule has 0 saturated carbocycles. The van der Waals surface area contributed by atoms with Crippen LogP contribution in [0.1, 0.15) is 30.7 Å². The number of amides is 1. The molecule has 0 spiro atoms. The fourth-order valence-corrected chi connectivity index (χ4v) is 5.19. The van der Waals surface area contributed by atoms with Crippen LogP contribution in [0.5, 0.6) is 0 Å². The van der Waals surface area contributed by atoms with Gasteiger partial charge < -0.3 is 14.5 Å². The van der Waals surface area contributed by atoms with Crippen molar-refractivity contribution in [2.24, 2.45) is 5.92 Å². The second-order valence-electron chi connectivity index (χ2n) is 9.09. The molecule has 5 rings (SSSR count). The lowest BCUT2D eigenvalue weighted by atomic mass is 9.84. The zero-order chi connectivity index (χ0) is 25.1. The van der Waals surface area contributed by atoms with Gasteiger partial charge in [-0.1, -0.05) is 42.5 Å². The van der Waals surface area contributed by atoms with E-state index in [-0.39, 0.29) is 10.8 Å². The van der Waals surface area contributed by atoms with Gasteiger partial charge in [-0.25, -0.2) is 18.4 Å². The molecule has 9 heteroatoms. The van der Waals surface area contributed by atoms with Crippen LogP contribution in [-0.4, -0.2) is 43.8 Å². The third-order valence-electron chi connectivity index (χ3n) is 6.57. The number of carbonyl (C=O) groups is 1. The minimum Gasteiger partial charge on any atom is -0.438 e. The van der Waals surface area contributed by atoms with Crippen LogP contribution in [0.2, 0.25) is 0 Å². The molecule has 1 fully saturated rings. The third kappa shape index (κ3) is 5.32. The van der Waals surface area contributed by atoms with Crippen LogP contribution in [0, 0.1) is 5.92 Å². The predicted octanol–water partition coefficient (Wildman–Crippen LogP) is 4.83. The summed E-state index contributed by atoms with van der Waals surface area (Å²) >= 11 is 0. The van der Waals surface area contributed by atoms with Gasteiger partial charge in [0.2, 0.25) is 11.6 Å². The Bertz CT molecular complexity index is 1460. The molecule has 3 heterocycles. The van der Waals surface area contributed by atoms with Gasteiger partial charge in [0, 0.05) is 25.0 Å². The van der Waals surface area contributed by atoms with Gasteiger partial charge in [0.25, 0.3) is 0 Å². The van der Waals surface area contributed by atoms with Gasteiger partial charge in [0.05, 0.1) is 16.2 Å². The first-order valence-electron chi connectivity index (χ1n) is 11.9. The molecule has 36 heavy (non-hydrogen) atoms. The molecule has 1 aliphatic heterocycles. The maximum absolute atomic E-state index is 13.6. The normalized spacial score (nSPS) is 15.6. The van der Waals surface area contributed by atoms with E-state index < -0.39 is 15.8 Å². The first kappa shape index (κ1) is 24.1. The summed E-state index contributed by atoms with van der Waals surface area (Å²) in [6.45, 7) is 1.35. The Kier molecular flexibility index (Phi) is 6.84. The highest BCUT2D eigenvalue weighted by molar-refractivity contribution is 7.90. The Labute approximate surface area is 209 Å². The molecule has 2 aromatic heterocycles. The van der Waals surface area contributed by atoms with E-state index >= 15 is 0 Å². The van der Waals surface area contributed by atoms with Gasteiger partial charge in [0.15, 0.2) is 9.84 Å². The van der Waals surface area contributed by atoms with E-state index in [1.54, 1.807) is 24.3 Å². The summed E-state index contributed by atoms with van der Waals surface area (Å²) in [6, 6.07) is 18.0. The minimum atomic E-state index is -3.33. The quantitative estimate of drug-likeness (QED) is 0.383. The number of carbonyl (C=O) groups excluding carboxylic acids is 1. The summed E-state index contributed by atoms with van der Waals surface area (Å²) in [5.41, 5.74) is 2.04. The van der Waals surface area contributed by atoms with Crippen molar-refractivity contribution in [1.29, 1.82) is 0 Å². The molecule has 1 saturated heterocycles. The number of hydrogen-bond acceptors (Lipinski definition) is 7. The highest BCUT2D eigenvalue weighted by Crippen LogP contribution is 2.33. The minimum absolute atomic E-state index is 0.212. The van der Waals surface area contributed by atoms with E-state index in [0.717, 1.165) is 24.0 Å². The number of hydrogen-bond donors (Lipinski definition) is 1. The van der Waals surface area contributed by atoms with Crippen LogP contribution in [0.4, 0.5) is 5.82 Å². The van der Waals surface area contributed by atoms with Gasteiger partial charge in [-0.15, -0.1) is 0 Å². The molecule has 0 aliphatic carbocycles. The zero-order valence-electron chi connectivity index (χ0n) is 19.9. The number of rotatable bonds is 7. The van der Waals surface area contributed by atoms with Gasteiger partial charge in [0.1, 0.15) is 17.9 Å². The molecule has 4 aromatic rings. The molecule has 1 amide bonds. The van der Waals surface area contributed by atoms with E-state index in [2.05, 4.69) is 15.3 Å². The highest BCUT2D eigenvalue weighted by Gasteiger charge is 2.27. The maximum atomic E-state index is 13.6. The number of furan rings is 1. The number of fused-ring (bicyclic) bond motifs is 1. The number of anilines is 1. The fraction of sp³-hybridized carbons (Fsp3) is 0.296. The lowest BCUT2D eigenvalue weighted by molar-refractivity contribution is -0.118. The van der Waals surface area contributed by atoms with Crippen LogP contribution >= 0.6 is 0 Å². The van der Waals surface area contributed by atoms with E-state index in [1.807, 2.05) is 36.4 Å². The molecule has 0 bridgehead atoms. The molecule has 8 nitrogen and oxygen atoms in total. The first-order chi connectivity index (χ1) is 17.4. The van der Waals surface area contributed by atoms with Crippen molar-refractivity contribution in [3.63, 3.8) is 0 Å². The van der Waals surface area contributed by atoms with Crippen LogP contribution in [0.25, 0.3) is 22.4 Å². The summed E-state index contributed by atoms with van der Waals surface area (Å²) < 4.78 is 35.2. The van der Waals surface area contributed by atoms with E-state index in [9.17, 15) is 13.2 Å². The lowest BCUT2D eigenvalue weighted by Crippen LogP contribution is -2.26. The summed E-state index contributed by atoms with van der Waals surface area (Å²) in [5.74, 6) is 0.647. The summed E-state index contributed by atoms with van der Waals surface area (Å²) in [7, 11) is -3.33. The summed E-state index contributed by atoms with van der Waals surface area (Å²) in [4.78, 5) is 22.4. The number of benzene rings is 2. The van der Waals surface area contributed by atoms with Crippen molar-refractivity contribution in [2.75, 3.05) is 24.8 Å². The largest absolute Gasteiger partial charge is 0.438 e. The molecule has 1 unspecified atom stereocenters. The Morgan fingerprint density at radius 1 is 1.06 bits per heavy atom. The van der Waals surface area contributed by atoms with Crippen molar-refractivity contribution in [3.8, 4) is 11.3 Å².